The number of hydrogen-bond donors (Lipinski definition) is 3. The molecule has 2 atom stereocenters. The second kappa shape index (κ2) is 7.06. The SMILES string of the molecule is NC1CCC(NS(=O)(=O)c2ccc(NC(=O)c3cc(C4CC4)on3)cc2)C1. The highest BCUT2D eigenvalue weighted by molar-refractivity contribution is 7.89. The maximum absolute atomic E-state index is 12.5. The number of benzene rings is 1. The zero-order valence-electron chi connectivity index (χ0n) is 14.7. The average Bonchev–Trinajstić information content (AvgIpc) is 3.22. The Hall–Kier alpha value is -2.23. The molecule has 2 aromatic rings. The summed E-state index contributed by atoms with van der Waals surface area (Å²) in [6, 6.07) is 7.60. The lowest BCUT2D eigenvalue weighted by atomic mass is 10.2. The normalized spacial score (nSPS) is 22.7. The summed E-state index contributed by atoms with van der Waals surface area (Å²) in [5, 5.41) is 6.49. The number of anilines is 1. The fraction of sp³-hybridized carbons (Fsp3) is 0.444. The number of aromatic nitrogens is 1. The zero-order valence-corrected chi connectivity index (χ0v) is 15.5. The van der Waals surface area contributed by atoms with Gasteiger partial charge >= 0.3 is 0 Å². The van der Waals surface area contributed by atoms with Crippen LogP contribution in [-0.2, 0) is 10.0 Å². The molecule has 4 N–H and O–H groups in total. The molecular formula is C18H22N4O4S. The fourth-order valence-electron chi connectivity index (χ4n) is 3.28. The van der Waals surface area contributed by atoms with Gasteiger partial charge in [0.05, 0.1) is 4.90 Å². The first kappa shape index (κ1) is 18.1. The van der Waals surface area contributed by atoms with Gasteiger partial charge in [0, 0.05) is 29.8 Å². The van der Waals surface area contributed by atoms with Crippen molar-refractivity contribution in [3.05, 3.63) is 41.8 Å². The maximum atomic E-state index is 12.5. The molecule has 2 aliphatic carbocycles. The van der Waals surface area contributed by atoms with Gasteiger partial charge in [0.15, 0.2) is 5.69 Å². The number of sulfonamides is 1. The van der Waals surface area contributed by atoms with Crippen LogP contribution in [0.4, 0.5) is 5.69 Å². The Balaban J connectivity index is 1.39. The van der Waals surface area contributed by atoms with Crippen molar-refractivity contribution in [2.45, 2.75) is 55.0 Å². The Morgan fingerprint density at radius 3 is 2.52 bits per heavy atom. The lowest BCUT2D eigenvalue weighted by Crippen LogP contribution is -2.34. The van der Waals surface area contributed by atoms with Gasteiger partial charge < -0.3 is 15.6 Å². The standard InChI is InChI=1S/C18H22N4O4S/c19-12-3-4-14(9-12)22-27(24,25)15-7-5-13(6-8-15)20-18(23)16-10-17(26-21-16)11-1-2-11/h5-8,10-12,14,22H,1-4,9,19H2,(H,20,23). The summed E-state index contributed by atoms with van der Waals surface area (Å²) < 4.78 is 32.8. The van der Waals surface area contributed by atoms with E-state index in [1.807, 2.05) is 0 Å². The van der Waals surface area contributed by atoms with Crippen LogP contribution in [0.5, 0.6) is 0 Å². The molecule has 0 aliphatic heterocycles. The molecule has 4 rings (SSSR count). The molecule has 2 fully saturated rings. The molecule has 0 radical (unpaired) electrons. The fourth-order valence-corrected chi connectivity index (χ4v) is 4.56. The van der Waals surface area contributed by atoms with Crippen molar-refractivity contribution in [2.75, 3.05) is 5.32 Å². The van der Waals surface area contributed by atoms with E-state index in [2.05, 4.69) is 15.2 Å². The largest absolute Gasteiger partial charge is 0.360 e. The van der Waals surface area contributed by atoms with E-state index in [4.69, 9.17) is 10.3 Å². The van der Waals surface area contributed by atoms with Gasteiger partial charge in [-0.2, -0.15) is 0 Å². The molecule has 9 heteroatoms. The molecule has 2 saturated carbocycles. The predicted molar refractivity (Wildman–Crippen MR) is 98.8 cm³/mol. The van der Waals surface area contributed by atoms with Crippen LogP contribution in [0.1, 0.15) is 54.3 Å². The average molecular weight is 390 g/mol. The minimum absolute atomic E-state index is 0.0484. The molecule has 0 saturated heterocycles. The van der Waals surface area contributed by atoms with E-state index in [9.17, 15) is 13.2 Å². The Bertz CT molecular complexity index is 935. The predicted octanol–water partition coefficient (Wildman–Crippen LogP) is 1.96. The summed E-state index contributed by atoms with van der Waals surface area (Å²) in [6.07, 6.45) is 4.34. The molecule has 2 aliphatic rings. The van der Waals surface area contributed by atoms with E-state index >= 15 is 0 Å². The summed E-state index contributed by atoms with van der Waals surface area (Å²) in [6.45, 7) is 0. The first-order valence-corrected chi connectivity index (χ1v) is 10.5. The van der Waals surface area contributed by atoms with Gasteiger partial charge in [0.1, 0.15) is 5.76 Å². The van der Waals surface area contributed by atoms with Crippen LogP contribution in [0.25, 0.3) is 0 Å². The van der Waals surface area contributed by atoms with Crippen LogP contribution in [0, 0.1) is 0 Å². The third-order valence-electron chi connectivity index (χ3n) is 4.96. The van der Waals surface area contributed by atoms with Crippen molar-refractivity contribution in [1.82, 2.24) is 9.88 Å². The summed E-state index contributed by atoms with van der Waals surface area (Å²) in [5.74, 6) is 0.726. The first-order chi connectivity index (χ1) is 12.9. The maximum Gasteiger partial charge on any atom is 0.277 e. The van der Waals surface area contributed by atoms with E-state index in [0.29, 0.717) is 18.0 Å². The van der Waals surface area contributed by atoms with Crippen LogP contribution < -0.4 is 15.8 Å². The Kier molecular flexibility index (Phi) is 4.75. The number of carbonyl (C=O) groups is 1. The first-order valence-electron chi connectivity index (χ1n) is 9.06. The minimum Gasteiger partial charge on any atom is -0.360 e. The molecule has 27 heavy (non-hydrogen) atoms. The molecule has 2 unspecified atom stereocenters. The molecule has 1 amide bonds. The Labute approximate surface area is 157 Å². The van der Waals surface area contributed by atoms with E-state index in [-0.39, 0.29) is 28.6 Å². The molecule has 144 valence electrons. The molecule has 8 nitrogen and oxygen atoms in total. The Morgan fingerprint density at radius 1 is 1.15 bits per heavy atom. The number of amides is 1. The van der Waals surface area contributed by atoms with Gasteiger partial charge in [-0.25, -0.2) is 13.1 Å². The molecular weight excluding hydrogens is 368 g/mol. The van der Waals surface area contributed by atoms with Crippen molar-refractivity contribution in [1.29, 1.82) is 0 Å². The Morgan fingerprint density at radius 2 is 1.89 bits per heavy atom. The monoisotopic (exact) mass is 390 g/mol. The van der Waals surface area contributed by atoms with Gasteiger partial charge in [0.25, 0.3) is 5.91 Å². The van der Waals surface area contributed by atoms with Crippen molar-refractivity contribution in [3.8, 4) is 0 Å². The number of rotatable bonds is 6. The van der Waals surface area contributed by atoms with Gasteiger partial charge in [-0.15, -0.1) is 0 Å². The van der Waals surface area contributed by atoms with Crippen molar-refractivity contribution in [3.63, 3.8) is 0 Å². The second-order valence-electron chi connectivity index (χ2n) is 7.26. The molecule has 1 aromatic heterocycles. The molecule has 1 heterocycles. The van der Waals surface area contributed by atoms with Crippen molar-refractivity contribution < 1.29 is 17.7 Å². The van der Waals surface area contributed by atoms with Crippen LogP contribution in [0.2, 0.25) is 0 Å². The summed E-state index contributed by atoms with van der Waals surface area (Å²) in [4.78, 5) is 12.4. The van der Waals surface area contributed by atoms with Gasteiger partial charge in [0.2, 0.25) is 10.0 Å². The third kappa shape index (κ3) is 4.20. The van der Waals surface area contributed by atoms with Crippen LogP contribution in [-0.4, -0.2) is 31.6 Å². The van der Waals surface area contributed by atoms with Crippen LogP contribution in [0.3, 0.4) is 0 Å². The number of hydrogen-bond acceptors (Lipinski definition) is 6. The highest BCUT2D eigenvalue weighted by Crippen LogP contribution is 2.40. The van der Waals surface area contributed by atoms with Crippen LogP contribution >= 0.6 is 0 Å². The zero-order chi connectivity index (χ0) is 19.0. The van der Waals surface area contributed by atoms with Gasteiger partial charge in [-0.1, -0.05) is 5.16 Å². The molecule has 0 spiro atoms. The number of nitrogens with two attached hydrogens (primary N) is 1. The van der Waals surface area contributed by atoms with E-state index in [0.717, 1.165) is 31.4 Å². The lowest BCUT2D eigenvalue weighted by Gasteiger charge is -2.13. The smallest absolute Gasteiger partial charge is 0.277 e. The molecule has 1 aromatic carbocycles. The van der Waals surface area contributed by atoms with Gasteiger partial charge in [-0.05, 0) is 56.4 Å². The number of nitrogens with zero attached hydrogens (tertiary/aromatic N) is 1. The van der Waals surface area contributed by atoms with Crippen LogP contribution in [0.15, 0.2) is 39.8 Å². The quantitative estimate of drug-likeness (QED) is 0.692. The summed E-state index contributed by atoms with van der Waals surface area (Å²) in [5.41, 5.74) is 6.53. The van der Waals surface area contributed by atoms with E-state index in [1.54, 1.807) is 18.2 Å². The highest BCUT2D eigenvalue weighted by atomic mass is 32.2. The highest BCUT2D eigenvalue weighted by Gasteiger charge is 2.29. The summed E-state index contributed by atoms with van der Waals surface area (Å²) >= 11 is 0. The lowest BCUT2D eigenvalue weighted by molar-refractivity contribution is 0.101. The van der Waals surface area contributed by atoms with Crippen molar-refractivity contribution in [2.24, 2.45) is 5.73 Å². The van der Waals surface area contributed by atoms with Gasteiger partial charge in [-0.3, -0.25) is 4.79 Å². The topological polar surface area (TPSA) is 127 Å². The van der Waals surface area contributed by atoms with Crippen molar-refractivity contribution >= 4 is 21.6 Å². The third-order valence-corrected chi connectivity index (χ3v) is 6.49. The van der Waals surface area contributed by atoms with E-state index < -0.39 is 10.0 Å². The number of carbonyl (C=O) groups excluding carboxylic acids is 1. The molecule has 0 bridgehead atoms. The minimum atomic E-state index is -3.61. The number of nitrogens with one attached hydrogen (secondary N) is 2. The summed E-state index contributed by atoms with van der Waals surface area (Å²) in [7, 11) is -3.61. The second-order valence-corrected chi connectivity index (χ2v) is 8.97. The van der Waals surface area contributed by atoms with E-state index in [1.165, 1.54) is 12.1 Å².